The van der Waals surface area contributed by atoms with E-state index >= 15 is 0 Å². The molecule has 3 heterocycles. The smallest absolute Gasteiger partial charge is 0.0641 e. The normalized spacial score (nSPS) is 11.8. The number of fused-ring (bicyclic) bond motifs is 10. The molecule has 322 valence electrons. The number of benzene rings is 11. The Morgan fingerprint density at radius 1 is 0.203 bits per heavy atom. The van der Waals surface area contributed by atoms with Crippen LogP contribution >= 0.6 is 0 Å². The van der Waals surface area contributed by atoms with E-state index in [0.717, 1.165) is 33.7 Å². The lowest BCUT2D eigenvalue weighted by molar-refractivity contribution is 1.17. The van der Waals surface area contributed by atoms with E-state index in [1.807, 2.05) is 0 Å². The fourth-order valence-electron chi connectivity index (χ4n) is 11.3. The molecule has 3 aromatic heterocycles. The third kappa shape index (κ3) is 6.01. The minimum atomic E-state index is 1.13. The van der Waals surface area contributed by atoms with Gasteiger partial charge in [0.05, 0.1) is 50.2 Å². The molecule has 0 fully saturated rings. The first-order valence-electron chi connectivity index (χ1n) is 23.8. The molecule has 0 unspecified atom stereocenters. The average molecular weight is 878 g/mol. The van der Waals surface area contributed by atoms with Crippen molar-refractivity contribution in [3.8, 4) is 61.6 Å². The van der Waals surface area contributed by atoms with Gasteiger partial charge in [0, 0.05) is 54.6 Å². The SMILES string of the molecule is c1ccc(-c2ccc(-c3ccccc3)c(-n3c4ccccc4c4cccc(-c5ccccc5-n5c6ccccc6c6c5ccc5c7ccccc7n(-c7ccccc7-c7ccccc7)c56)c43)c2)cc1. The van der Waals surface area contributed by atoms with Gasteiger partial charge in [0.1, 0.15) is 0 Å². The summed E-state index contributed by atoms with van der Waals surface area (Å²) in [5, 5.41) is 7.35. The molecule has 0 aliphatic carbocycles. The molecule has 69 heavy (non-hydrogen) atoms. The van der Waals surface area contributed by atoms with Crippen molar-refractivity contribution in [3.63, 3.8) is 0 Å². The van der Waals surface area contributed by atoms with Gasteiger partial charge in [-0.3, -0.25) is 0 Å². The summed E-state index contributed by atoms with van der Waals surface area (Å²) >= 11 is 0. The predicted octanol–water partition coefficient (Wildman–Crippen LogP) is 17.6. The molecular weight excluding hydrogens is 835 g/mol. The Morgan fingerprint density at radius 3 is 1.30 bits per heavy atom. The lowest BCUT2D eigenvalue weighted by Gasteiger charge is -2.19. The van der Waals surface area contributed by atoms with Crippen molar-refractivity contribution >= 4 is 65.4 Å². The van der Waals surface area contributed by atoms with Crippen LogP contribution in [0.15, 0.2) is 261 Å². The summed E-state index contributed by atoms with van der Waals surface area (Å²) in [6.45, 7) is 0. The monoisotopic (exact) mass is 877 g/mol. The van der Waals surface area contributed by atoms with Crippen LogP contribution in [0.2, 0.25) is 0 Å². The molecule has 0 atom stereocenters. The molecule has 11 aromatic carbocycles. The number of nitrogens with zero attached hydrogens (tertiary/aromatic N) is 3. The zero-order valence-electron chi connectivity index (χ0n) is 37.7. The molecule has 3 nitrogen and oxygen atoms in total. The molecule has 0 saturated carbocycles. The van der Waals surface area contributed by atoms with Crippen LogP contribution in [0.3, 0.4) is 0 Å². The van der Waals surface area contributed by atoms with Crippen molar-refractivity contribution in [2.45, 2.75) is 0 Å². The summed E-state index contributed by atoms with van der Waals surface area (Å²) < 4.78 is 7.57. The second-order valence-electron chi connectivity index (χ2n) is 18.0. The van der Waals surface area contributed by atoms with Crippen LogP contribution in [0.1, 0.15) is 0 Å². The molecule has 0 aliphatic rings. The highest BCUT2D eigenvalue weighted by atomic mass is 15.0. The Hall–Kier alpha value is -9.18. The number of aromatic nitrogens is 3. The zero-order chi connectivity index (χ0) is 45.4. The van der Waals surface area contributed by atoms with E-state index in [-0.39, 0.29) is 0 Å². The molecule has 0 radical (unpaired) electrons. The van der Waals surface area contributed by atoms with E-state index in [4.69, 9.17) is 0 Å². The first kappa shape index (κ1) is 39.0. The molecule has 0 aliphatic heterocycles. The fourth-order valence-corrected chi connectivity index (χ4v) is 11.3. The minimum absolute atomic E-state index is 1.13. The van der Waals surface area contributed by atoms with Gasteiger partial charge in [-0.2, -0.15) is 0 Å². The van der Waals surface area contributed by atoms with Crippen LogP contribution in [0.5, 0.6) is 0 Å². The molecular formula is C66H43N3. The standard InChI is InChI=1S/C66H43N3/c1-4-21-44(22-5-1)47-39-40-49(46-25-8-3-9-26-46)63(43-47)69-60-37-18-12-29-51(60)54-33-20-32-53(65(54)69)50-28-11-16-35-58(50)67-61-38-19-14-31-56(61)64-62(67)42-41-55-52-30-13-17-36-59(52)68(66(55)64)57-34-15-10-27-48(57)45-23-6-2-7-24-45/h1-43H. The van der Waals surface area contributed by atoms with Gasteiger partial charge in [-0.15, -0.1) is 0 Å². The topological polar surface area (TPSA) is 14.8 Å². The van der Waals surface area contributed by atoms with E-state index in [1.165, 1.54) is 93.3 Å². The predicted molar refractivity (Wildman–Crippen MR) is 291 cm³/mol. The van der Waals surface area contributed by atoms with Crippen molar-refractivity contribution in [2.75, 3.05) is 0 Å². The maximum Gasteiger partial charge on any atom is 0.0641 e. The molecule has 0 saturated heterocycles. The summed E-state index contributed by atoms with van der Waals surface area (Å²) in [7, 11) is 0. The summed E-state index contributed by atoms with van der Waals surface area (Å²) in [5.74, 6) is 0. The van der Waals surface area contributed by atoms with Gasteiger partial charge in [-0.1, -0.05) is 218 Å². The Balaban J connectivity index is 1.08. The quantitative estimate of drug-likeness (QED) is 0.152. The van der Waals surface area contributed by atoms with Crippen molar-refractivity contribution in [1.29, 1.82) is 0 Å². The van der Waals surface area contributed by atoms with E-state index in [1.54, 1.807) is 0 Å². The highest BCUT2D eigenvalue weighted by Crippen LogP contribution is 2.47. The van der Waals surface area contributed by atoms with Crippen LogP contribution in [0.25, 0.3) is 127 Å². The molecule has 0 amide bonds. The van der Waals surface area contributed by atoms with Crippen molar-refractivity contribution in [1.82, 2.24) is 13.7 Å². The maximum absolute atomic E-state index is 2.53. The van der Waals surface area contributed by atoms with E-state index in [2.05, 4.69) is 275 Å². The van der Waals surface area contributed by atoms with Gasteiger partial charge in [0.2, 0.25) is 0 Å². The first-order valence-corrected chi connectivity index (χ1v) is 23.8. The van der Waals surface area contributed by atoms with Gasteiger partial charge in [0.15, 0.2) is 0 Å². The Morgan fingerprint density at radius 2 is 0.652 bits per heavy atom. The molecule has 14 rings (SSSR count). The number of rotatable bonds is 7. The number of hydrogen-bond acceptors (Lipinski definition) is 0. The summed E-state index contributed by atoms with van der Waals surface area (Å²) in [6.07, 6.45) is 0. The van der Waals surface area contributed by atoms with Crippen molar-refractivity contribution in [3.05, 3.63) is 261 Å². The maximum atomic E-state index is 2.53. The third-order valence-corrected chi connectivity index (χ3v) is 14.3. The molecule has 0 spiro atoms. The van der Waals surface area contributed by atoms with Gasteiger partial charge >= 0.3 is 0 Å². The minimum Gasteiger partial charge on any atom is -0.309 e. The number of para-hydroxylation sites is 6. The lowest BCUT2D eigenvalue weighted by atomic mass is 9.97. The fraction of sp³-hybridized carbons (Fsp3) is 0. The number of hydrogen-bond donors (Lipinski definition) is 0. The third-order valence-electron chi connectivity index (χ3n) is 14.3. The lowest BCUT2D eigenvalue weighted by Crippen LogP contribution is -2.01. The zero-order valence-corrected chi connectivity index (χ0v) is 37.7. The summed E-state index contributed by atoms with van der Waals surface area (Å²) in [5.41, 5.74) is 19.9. The van der Waals surface area contributed by atoms with E-state index in [0.29, 0.717) is 0 Å². The Labute approximate surface area is 399 Å². The van der Waals surface area contributed by atoms with Crippen LogP contribution in [-0.2, 0) is 0 Å². The second kappa shape index (κ2) is 15.7. The van der Waals surface area contributed by atoms with Gasteiger partial charge in [-0.25, -0.2) is 0 Å². The average Bonchev–Trinajstić information content (AvgIpc) is 4.07. The van der Waals surface area contributed by atoms with Gasteiger partial charge < -0.3 is 13.7 Å². The van der Waals surface area contributed by atoms with Crippen LogP contribution in [0.4, 0.5) is 0 Å². The highest BCUT2D eigenvalue weighted by molar-refractivity contribution is 6.26. The second-order valence-corrected chi connectivity index (χ2v) is 18.0. The van der Waals surface area contributed by atoms with Crippen molar-refractivity contribution < 1.29 is 0 Å². The Kier molecular flexibility index (Phi) is 8.90. The van der Waals surface area contributed by atoms with Crippen molar-refractivity contribution in [2.24, 2.45) is 0 Å². The van der Waals surface area contributed by atoms with Crippen LogP contribution in [-0.4, -0.2) is 13.7 Å². The van der Waals surface area contributed by atoms with Crippen LogP contribution < -0.4 is 0 Å². The summed E-state index contributed by atoms with van der Waals surface area (Å²) in [6, 6.07) is 95.5. The van der Waals surface area contributed by atoms with E-state index < -0.39 is 0 Å². The molecule has 0 N–H and O–H groups in total. The Bertz CT molecular complexity index is 4290. The molecule has 0 bridgehead atoms. The molecule has 3 heteroatoms. The van der Waals surface area contributed by atoms with Gasteiger partial charge in [0.25, 0.3) is 0 Å². The highest BCUT2D eigenvalue weighted by Gasteiger charge is 2.25. The van der Waals surface area contributed by atoms with Gasteiger partial charge in [-0.05, 0) is 64.7 Å². The molecule has 14 aromatic rings. The van der Waals surface area contributed by atoms with Crippen LogP contribution in [0, 0.1) is 0 Å². The largest absolute Gasteiger partial charge is 0.309 e. The van der Waals surface area contributed by atoms with E-state index in [9.17, 15) is 0 Å². The summed E-state index contributed by atoms with van der Waals surface area (Å²) in [4.78, 5) is 0. The first-order chi connectivity index (χ1) is 34.3.